The van der Waals surface area contributed by atoms with Gasteiger partial charge in [-0.25, -0.2) is 0 Å². The summed E-state index contributed by atoms with van der Waals surface area (Å²) in [6, 6.07) is 5.30. The Bertz CT molecular complexity index is 394. The van der Waals surface area contributed by atoms with E-state index in [0.29, 0.717) is 5.75 Å². The maximum Gasteiger partial charge on any atom is 0.308 e. The van der Waals surface area contributed by atoms with E-state index in [4.69, 9.17) is 4.74 Å². The minimum absolute atomic E-state index is 0.114. The van der Waals surface area contributed by atoms with Gasteiger partial charge in [0, 0.05) is 0 Å². The molecule has 17 heavy (non-hydrogen) atoms. The summed E-state index contributed by atoms with van der Waals surface area (Å²) in [5, 5.41) is 9.66. The molecular formula is C14H20O3. The molecule has 0 saturated carbocycles. The molecule has 0 heterocycles. The van der Waals surface area contributed by atoms with Gasteiger partial charge in [0.25, 0.3) is 0 Å². The van der Waals surface area contributed by atoms with Gasteiger partial charge in [0.2, 0.25) is 0 Å². The van der Waals surface area contributed by atoms with E-state index in [0.717, 1.165) is 11.1 Å². The largest absolute Gasteiger partial charge is 0.508 e. The van der Waals surface area contributed by atoms with Crippen LogP contribution in [0.2, 0.25) is 0 Å². The molecule has 94 valence electrons. The Labute approximate surface area is 102 Å². The number of ether oxygens (including phenoxy) is 1. The van der Waals surface area contributed by atoms with E-state index in [9.17, 15) is 9.90 Å². The smallest absolute Gasteiger partial charge is 0.308 e. The van der Waals surface area contributed by atoms with Crippen molar-refractivity contribution in [2.24, 2.45) is 5.92 Å². The number of phenolic OH excluding ortho intramolecular Hbond substituents is 1. The lowest BCUT2D eigenvalue weighted by Gasteiger charge is -2.11. The van der Waals surface area contributed by atoms with Crippen LogP contribution in [0.1, 0.15) is 44.7 Å². The first-order chi connectivity index (χ1) is 7.91. The number of phenols is 1. The van der Waals surface area contributed by atoms with Gasteiger partial charge in [0.05, 0.1) is 5.92 Å². The van der Waals surface area contributed by atoms with Crippen LogP contribution >= 0.6 is 0 Å². The average Bonchev–Trinajstić information content (AvgIpc) is 2.26. The second-order valence-corrected chi connectivity index (χ2v) is 4.81. The third-order valence-corrected chi connectivity index (χ3v) is 2.57. The predicted molar refractivity (Wildman–Crippen MR) is 66.8 cm³/mol. The molecule has 3 heteroatoms. The van der Waals surface area contributed by atoms with E-state index in [1.165, 1.54) is 0 Å². The zero-order valence-corrected chi connectivity index (χ0v) is 10.9. The summed E-state index contributed by atoms with van der Waals surface area (Å²) >= 11 is 0. The monoisotopic (exact) mass is 236 g/mol. The van der Waals surface area contributed by atoms with Crippen molar-refractivity contribution in [1.82, 2.24) is 0 Å². The number of carbonyl (C=O) groups is 1. The second-order valence-electron chi connectivity index (χ2n) is 4.81. The summed E-state index contributed by atoms with van der Waals surface area (Å²) in [6.07, 6.45) is 0. The number of benzene rings is 1. The van der Waals surface area contributed by atoms with Gasteiger partial charge in [-0.1, -0.05) is 33.8 Å². The third kappa shape index (κ3) is 3.77. The van der Waals surface area contributed by atoms with Crippen LogP contribution in [0.4, 0.5) is 0 Å². The molecule has 0 amide bonds. The van der Waals surface area contributed by atoms with E-state index < -0.39 is 0 Å². The van der Waals surface area contributed by atoms with Crippen LogP contribution < -0.4 is 0 Å². The first-order valence-electron chi connectivity index (χ1n) is 5.90. The molecule has 0 aliphatic carbocycles. The maximum absolute atomic E-state index is 11.3. The van der Waals surface area contributed by atoms with Crippen molar-refractivity contribution in [2.75, 3.05) is 0 Å². The van der Waals surface area contributed by atoms with Crippen molar-refractivity contribution in [1.29, 1.82) is 0 Å². The van der Waals surface area contributed by atoms with Crippen LogP contribution in [0.3, 0.4) is 0 Å². The number of esters is 1. The lowest BCUT2D eigenvalue weighted by molar-refractivity contribution is -0.148. The van der Waals surface area contributed by atoms with E-state index in [1.807, 2.05) is 19.9 Å². The molecule has 1 aromatic rings. The number of aromatic hydroxyl groups is 1. The van der Waals surface area contributed by atoms with Crippen molar-refractivity contribution in [3.05, 3.63) is 29.3 Å². The molecule has 0 bridgehead atoms. The minimum atomic E-state index is -0.204. The van der Waals surface area contributed by atoms with E-state index in [1.54, 1.807) is 26.0 Å². The molecule has 0 fully saturated rings. The zero-order valence-electron chi connectivity index (χ0n) is 10.9. The third-order valence-electron chi connectivity index (χ3n) is 2.57. The van der Waals surface area contributed by atoms with Crippen molar-refractivity contribution < 1.29 is 14.6 Å². The second kappa shape index (κ2) is 5.71. The average molecular weight is 236 g/mol. The molecule has 0 aromatic heterocycles. The molecule has 1 rings (SSSR count). The molecule has 1 N–H and O–H groups in total. The molecule has 0 unspecified atom stereocenters. The van der Waals surface area contributed by atoms with Crippen LogP contribution in [0.25, 0.3) is 0 Å². The van der Waals surface area contributed by atoms with Gasteiger partial charge in [0.1, 0.15) is 12.4 Å². The molecule has 0 saturated heterocycles. The predicted octanol–water partition coefficient (Wildman–Crippen LogP) is 3.21. The number of rotatable bonds is 4. The highest BCUT2D eigenvalue weighted by atomic mass is 16.5. The standard InChI is InChI=1S/C14H20O3/c1-9(2)12-7-11(5-6-13(12)15)8-17-14(16)10(3)4/h5-7,9-10,15H,8H2,1-4H3. The van der Waals surface area contributed by atoms with Gasteiger partial charge >= 0.3 is 5.97 Å². The van der Waals surface area contributed by atoms with E-state index in [2.05, 4.69) is 0 Å². The van der Waals surface area contributed by atoms with Crippen LogP contribution in [0, 0.1) is 5.92 Å². The Kier molecular flexibility index (Phi) is 4.55. The zero-order chi connectivity index (χ0) is 13.0. The lowest BCUT2D eigenvalue weighted by Crippen LogP contribution is -2.11. The summed E-state index contributed by atoms with van der Waals surface area (Å²) in [6.45, 7) is 7.90. The fraction of sp³-hybridized carbons (Fsp3) is 0.500. The Morgan fingerprint density at radius 3 is 2.47 bits per heavy atom. The highest BCUT2D eigenvalue weighted by Crippen LogP contribution is 2.26. The topological polar surface area (TPSA) is 46.5 Å². The lowest BCUT2D eigenvalue weighted by atomic mass is 10.00. The summed E-state index contributed by atoms with van der Waals surface area (Å²) in [5.41, 5.74) is 1.78. The van der Waals surface area contributed by atoms with Crippen LogP contribution in [0.5, 0.6) is 5.75 Å². The number of hydrogen-bond donors (Lipinski definition) is 1. The number of hydrogen-bond acceptors (Lipinski definition) is 3. The highest BCUT2D eigenvalue weighted by Gasteiger charge is 2.10. The number of carbonyl (C=O) groups excluding carboxylic acids is 1. The van der Waals surface area contributed by atoms with Gasteiger partial charge in [-0.2, -0.15) is 0 Å². The fourth-order valence-electron chi connectivity index (χ4n) is 1.48. The van der Waals surface area contributed by atoms with Crippen molar-refractivity contribution in [3.63, 3.8) is 0 Å². The van der Waals surface area contributed by atoms with Gasteiger partial charge in [0.15, 0.2) is 0 Å². The SMILES string of the molecule is CC(C)C(=O)OCc1ccc(O)c(C(C)C)c1. The summed E-state index contributed by atoms with van der Waals surface area (Å²) in [7, 11) is 0. The molecular weight excluding hydrogens is 216 g/mol. The van der Waals surface area contributed by atoms with Crippen molar-refractivity contribution >= 4 is 5.97 Å². The first-order valence-corrected chi connectivity index (χ1v) is 5.90. The van der Waals surface area contributed by atoms with Gasteiger partial charge in [-0.15, -0.1) is 0 Å². The van der Waals surface area contributed by atoms with Crippen LogP contribution in [-0.4, -0.2) is 11.1 Å². The molecule has 3 nitrogen and oxygen atoms in total. The Morgan fingerprint density at radius 2 is 1.94 bits per heavy atom. The molecule has 1 aromatic carbocycles. The molecule has 0 aliphatic rings. The Hall–Kier alpha value is -1.51. The Morgan fingerprint density at radius 1 is 1.29 bits per heavy atom. The van der Waals surface area contributed by atoms with Crippen molar-refractivity contribution in [2.45, 2.75) is 40.2 Å². The van der Waals surface area contributed by atoms with E-state index >= 15 is 0 Å². The fourth-order valence-corrected chi connectivity index (χ4v) is 1.48. The van der Waals surface area contributed by atoms with E-state index in [-0.39, 0.29) is 24.4 Å². The molecule has 0 aliphatic heterocycles. The minimum Gasteiger partial charge on any atom is -0.508 e. The maximum atomic E-state index is 11.3. The summed E-state index contributed by atoms with van der Waals surface area (Å²) in [5.74, 6) is 0.218. The van der Waals surface area contributed by atoms with Crippen LogP contribution in [0.15, 0.2) is 18.2 Å². The van der Waals surface area contributed by atoms with Crippen LogP contribution in [-0.2, 0) is 16.1 Å². The van der Waals surface area contributed by atoms with Gasteiger partial charge in [-0.3, -0.25) is 4.79 Å². The summed E-state index contributed by atoms with van der Waals surface area (Å²) < 4.78 is 5.14. The highest BCUT2D eigenvalue weighted by molar-refractivity contribution is 5.71. The van der Waals surface area contributed by atoms with Gasteiger partial charge in [-0.05, 0) is 29.2 Å². The summed E-state index contributed by atoms with van der Waals surface area (Å²) in [4.78, 5) is 11.3. The molecule has 0 radical (unpaired) electrons. The Balaban J connectivity index is 2.73. The molecule has 0 spiro atoms. The normalized spacial score (nSPS) is 10.9. The first kappa shape index (κ1) is 13.6. The van der Waals surface area contributed by atoms with Gasteiger partial charge < -0.3 is 9.84 Å². The molecule has 0 atom stereocenters. The quantitative estimate of drug-likeness (QED) is 0.816. The van der Waals surface area contributed by atoms with Crippen molar-refractivity contribution in [3.8, 4) is 5.75 Å².